The Kier molecular flexibility index (Phi) is 5.83. The van der Waals surface area contributed by atoms with Crippen molar-refractivity contribution in [2.45, 2.75) is 38.8 Å². The zero-order valence-electron chi connectivity index (χ0n) is 10.8. The van der Waals surface area contributed by atoms with Crippen LogP contribution in [0.5, 0.6) is 0 Å². The van der Waals surface area contributed by atoms with Crippen LogP contribution >= 0.6 is 0 Å². The van der Waals surface area contributed by atoms with Gasteiger partial charge in [0.1, 0.15) is 6.04 Å². The molecule has 15 heavy (non-hydrogen) atoms. The molecule has 1 N–H and O–H groups in total. The predicted octanol–water partition coefficient (Wildman–Crippen LogP) is 0.868. The molecule has 0 bridgehead atoms. The quantitative estimate of drug-likeness (QED) is 0.669. The first-order valence-electron chi connectivity index (χ1n) is 5.33. The number of carbonyl (C=O) groups excluding carboxylic acids is 1. The van der Waals surface area contributed by atoms with Crippen LogP contribution in [0.3, 0.4) is 0 Å². The van der Waals surface area contributed by atoms with Gasteiger partial charge in [-0.1, -0.05) is 6.92 Å². The number of carbonyl (C=O) groups is 1. The highest BCUT2D eigenvalue weighted by Gasteiger charge is 2.24. The van der Waals surface area contributed by atoms with Gasteiger partial charge in [0.05, 0.1) is 7.11 Å². The summed E-state index contributed by atoms with van der Waals surface area (Å²) in [6, 6.07) is -0.200. The van der Waals surface area contributed by atoms with E-state index in [1.165, 1.54) is 7.11 Å². The molecule has 4 nitrogen and oxygen atoms in total. The summed E-state index contributed by atoms with van der Waals surface area (Å²) in [5.74, 6) is -0.188. The molecule has 0 aliphatic heterocycles. The van der Waals surface area contributed by atoms with Crippen molar-refractivity contribution in [2.75, 3.05) is 27.7 Å². The molecule has 90 valence electrons. The number of hydrogen-bond acceptors (Lipinski definition) is 4. The zero-order valence-corrected chi connectivity index (χ0v) is 10.8. The fourth-order valence-corrected chi connectivity index (χ4v) is 1.07. The van der Waals surface area contributed by atoms with Crippen molar-refractivity contribution in [3.05, 3.63) is 0 Å². The topological polar surface area (TPSA) is 41.6 Å². The summed E-state index contributed by atoms with van der Waals surface area (Å²) in [5, 5.41) is 3.23. The van der Waals surface area contributed by atoms with E-state index in [2.05, 4.69) is 24.1 Å². The van der Waals surface area contributed by atoms with Crippen LogP contribution in [0.1, 0.15) is 27.2 Å². The minimum Gasteiger partial charge on any atom is -0.468 e. The molecular weight excluding hydrogens is 192 g/mol. The molecule has 1 atom stereocenters. The molecule has 4 heteroatoms. The van der Waals surface area contributed by atoms with E-state index in [9.17, 15) is 4.79 Å². The fraction of sp³-hybridized carbons (Fsp3) is 0.909. The largest absolute Gasteiger partial charge is 0.468 e. The van der Waals surface area contributed by atoms with Gasteiger partial charge in [0.15, 0.2) is 0 Å². The molecular formula is C11H24N2O2. The standard InChI is InChI=1S/C11H24N2O2/c1-7-9(10(14)15-6)12-8-11(2,3)13(4)5/h9,12H,7-8H2,1-6H3. The van der Waals surface area contributed by atoms with Crippen molar-refractivity contribution in [3.8, 4) is 0 Å². The van der Waals surface area contributed by atoms with Crippen molar-refractivity contribution < 1.29 is 9.53 Å². The zero-order chi connectivity index (χ0) is 12.1. The summed E-state index contributed by atoms with van der Waals surface area (Å²) in [4.78, 5) is 13.5. The van der Waals surface area contributed by atoms with Crippen LogP contribution in [-0.4, -0.2) is 50.2 Å². The highest BCUT2D eigenvalue weighted by Crippen LogP contribution is 2.08. The van der Waals surface area contributed by atoms with Crippen LogP contribution in [0.4, 0.5) is 0 Å². The van der Waals surface area contributed by atoms with Crippen molar-refractivity contribution in [1.29, 1.82) is 0 Å². The summed E-state index contributed by atoms with van der Waals surface area (Å²) in [7, 11) is 5.48. The maximum Gasteiger partial charge on any atom is 0.322 e. The molecule has 0 saturated carbocycles. The molecule has 0 spiro atoms. The van der Waals surface area contributed by atoms with Crippen molar-refractivity contribution in [2.24, 2.45) is 0 Å². The molecule has 0 saturated heterocycles. The number of ether oxygens (including phenoxy) is 1. The van der Waals surface area contributed by atoms with Gasteiger partial charge in [-0.3, -0.25) is 4.79 Å². The summed E-state index contributed by atoms with van der Waals surface area (Å²) in [5.41, 5.74) is 0.0292. The Morgan fingerprint density at radius 1 is 1.47 bits per heavy atom. The average molecular weight is 216 g/mol. The van der Waals surface area contributed by atoms with E-state index < -0.39 is 0 Å². The SMILES string of the molecule is CCC(NCC(C)(C)N(C)C)C(=O)OC. The van der Waals surface area contributed by atoms with E-state index in [-0.39, 0.29) is 17.6 Å². The summed E-state index contributed by atoms with van der Waals surface area (Å²) < 4.78 is 4.71. The summed E-state index contributed by atoms with van der Waals surface area (Å²) >= 11 is 0. The predicted molar refractivity (Wildman–Crippen MR) is 61.9 cm³/mol. The number of nitrogens with one attached hydrogen (secondary N) is 1. The lowest BCUT2D eigenvalue weighted by Gasteiger charge is -2.33. The Balaban J connectivity index is 4.17. The average Bonchev–Trinajstić information content (AvgIpc) is 2.17. The Hall–Kier alpha value is -0.610. The minimum atomic E-state index is -0.200. The van der Waals surface area contributed by atoms with Gasteiger partial charge in [-0.05, 0) is 34.4 Å². The lowest BCUT2D eigenvalue weighted by Crippen LogP contribution is -2.51. The van der Waals surface area contributed by atoms with E-state index in [1.807, 2.05) is 21.0 Å². The molecule has 0 radical (unpaired) electrons. The first kappa shape index (κ1) is 14.4. The van der Waals surface area contributed by atoms with Crippen LogP contribution in [0.15, 0.2) is 0 Å². The van der Waals surface area contributed by atoms with Gasteiger partial charge < -0.3 is 15.0 Å². The maximum absolute atomic E-state index is 11.3. The Morgan fingerprint density at radius 3 is 2.33 bits per heavy atom. The van der Waals surface area contributed by atoms with Crippen LogP contribution in [0, 0.1) is 0 Å². The van der Waals surface area contributed by atoms with E-state index in [4.69, 9.17) is 4.74 Å². The van der Waals surface area contributed by atoms with Crippen LogP contribution < -0.4 is 5.32 Å². The van der Waals surface area contributed by atoms with Crippen LogP contribution in [0.2, 0.25) is 0 Å². The van der Waals surface area contributed by atoms with Crippen molar-refractivity contribution in [1.82, 2.24) is 10.2 Å². The van der Waals surface area contributed by atoms with E-state index >= 15 is 0 Å². The molecule has 0 aromatic carbocycles. The maximum atomic E-state index is 11.3. The van der Waals surface area contributed by atoms with Crippen molar-refractivity contribution >= 4 is 5.97 Å². The molecule has 0 rings (SSSR count). The number of rotatable bonds is 6. The summed E-state index contributed by atoms with van der Waals surface area (Å²) in [6.45, 7) is 6.98. The number of esters is 1. The van der Waals surface area contributed by atoms with Gasteiger partial charge in [0, 0.05) is 12.1 Å². The lowest BCUT2D eigenvalue weighted by molar-refractivity contribution is -0.143. The summed E-state index contributed by atoms with van der Waals surface area (Å²) in [6.07, 6.45) is 0.746. The molecule has 0 amide bonds. The molecule has 0 aromatic rings. The third-order valence-corrected chi connectivity index (χ3v) is 2.89. The normalized spacial score (nSPS) is 14.1. The Morgan fingerprint density at radius 2 is 2.00 bits per heavy atom. The number of methoxy groups -OCH3 is 1. The molecule has 0 aromatic heterocycles. The number of hydrogen-bond donors (Lipinski definition) is 1. The van der Waals surface area contributed by atoms with Gasteiger partial charge >= 0.3 is 5.97 Å². The van der Waals surface area contributed by atoms with E-state index in [0.717, 1.165) is 13.0 Å². The van der Waals surface area contributed by atoms with Crippen LogP contribution in [0.25, 0.3) is 0 Å². The number of nitrogens with zero attached hydrogens (tertiary/aromatic N) is 1. The third kappa shape index (κ3) is 4.62. The molecule has 0 aliphatic carbocycles. The highest BCUT2D eigenvalue weighted by atomic mass is 16.5. The first-order chi connectivity index (χ1) is 6.85. The van der Waals surface area contributed by atoms with Crippen molar-refractivity contribution in [3.63, 3.8) is 0 Å². The second-order valence-electron chi connectivity index (χ2n) is 4.57. The Labute approximate surface area is 93.0 Å². The smallest absolute Gasteiger partial charge is 0.322 e. The molecule has 1 unspecified atom stereocenters. The van der Waals surface area contributed by atoms with Gasteiger partial charge in [-0.2, -0.15) is 0 Å². The second-order valence-corrected chi connectivity index (χ2v) is 4.57. The molecule has 0 fully saturated rings. The Bertz CT molecular complexity index is 203. The third-order valence-electron chi connectivity index (χ3n) is 2.89. The van der Waals surface area contributed by atoms with Gasteiger partial charge in [-0.25, -0.2) is 0 Å². The first-order valence-corrected chi connectivity index (χ1v) is 5.33. The van der Waals surface area contributed by atoms with Gasteiger partial charge in [-0.15, -0.1) is 0 Å². The lowest BCUT2D eigenvalue weighted by atomic mass is 10.0. The molecule has 0 heterocycles. The van der Waals surface area contributed by atoms with E-state index in [1.54, 1.807) is 0 Å². The highest BCUT2D eigenvalue weighted by molar-refractivity contribution is 5.75. The van der Waals surface area contributed by atoms with Crippen LogP contribution in [-0.2, 0) is 9.53 Å². The molecule has 0 aliphatic rings. The van der Waals surface area contributed by atoms with Gasteiger partial charge in [0.2, 0.25) is 0 Å². The van der Waals surface area contributed by atoms with Gasteiger partial charge in [0.25, 0.3) is 0 Å². The second kappa shape index (κ2) is 6.08. The fourth-order valence-electron chi connectivity index (χ4n) is 1.07. The van der Waals surface area contributed by atoms with E-state index in [0.29, 0.717) is 0 Å². The minimum absolute atomic E-state index is 0.0292. The number of likely N-dealkylation sites (N-methyl/N-ethyl adjacent to an activating group) is 1. The monoisotopic (exact) mass is 216 g/mol.